The zero-order valence-electron chi connectivity index (χ0n) is 10.6. The minimum Gasteiger partial charge on any atom is -0.321 e. The lowest BCUT2D eigenvalue weighted by atomic mass is 10.3. The van der Waals surface area contributed by atoms with Crippen LogP contribution in [0.1, 0.15) is 6.92 Å². The van der Waals surface area contributed by atoms with Crippen LogP contribution in [0.4, 0.5) is 14.5 Å². The van der Waals surface area contributed by atoms with Gasteiger partial charge in [0, 0.05) is 6.08 Å². The van der Waals surface area contributed by atoms with Gasteiger partial charge in [0.05, 0.1) is 10.6 Å². The van der Waals surface area contributed by atoms with Gasteiger partial charge in [-0.1, -0.05) is 30.4 Å². The fourth-order valence-electron chi connectivity index (χ4n) is 1.34. The molecule has 1 aromatic carbocycles. The van der Waals surface area contributed by atoms with Crippen LogP contribution in [0.25, 0.3) is 0 Å². The van der Waals surface area contributed by atoms with Gasteiger partial charge in [-0.25, -0.2) is 8.42 Å². The summed E-state index contributed by atoms with van der Waals surface area (Å²) in [4.78, 5) is 10.9. The normalized spacial score (nSPS) is 12.4. The highest BCUT2D eigenvalue weighted by atomic mass is 32.2. The van der Waals surface area contributed by atoms with Gasteiger partial charge >= 0.3 is 5.76 Å². The van der Waals surface area contributed by atoms with E-state index in [1.54, 1.807) is 19.1 Å². The topological polar surface area (TPSA) is 63.2 Å². The van der Waals surface area contributed by atoms with Crippen molar-refractivity contribution in [2.75, 3.05) is 5.32 Å². The number of halogens is 2. The number of benzene rings is 1. The smallest absolute Gasteiger partial charge is 0.321 e. The van der Waals surface area contributed by atoms with E-state index in [2.05, 4.69) is 5.32 Å². The second kappa shape index (κ2) is 6.95. The Labute approximate surface area is 115 Å². The molecule has 0 saturated carbocycles. The Morgan fingerprint density at radius 3 is 2.50 bits per heavy atom. The zero-order valence-corrected chi connectivity index (χ0v) is 11.4. The van der Waals surface area contributed by atoms with E-state index in [1.165, 1.54) is 24.3 Å². The molecule has 0 heterocycles. The van der Waals surface area contributed by atoms with Gasteiger partial charge in [-0.05, 0) is 19.1 Å². The molecule has 0 aliphatic heterocycles. The maximum Gasteiger partial charge on any atom is 0.341 e. The van der Waals surface area contributed by atoms with Crippen molar-refractivity contribution in [1.29, 1.82) is 0 Å². The Hall–Kier alpha value is -2.02. The number of para-hydroxylation sites is 1. The van der Waals surface area contributed by atoms with E-state index in [1.807, 2.05) is 0 Å². The second-order valence-corrected chi connectivity index (χ2v) is 5.56. The van der Waals surface area contributed by atoms with Gasteiger partial charge in [0.15, 0.2) is 0 Å². The number of sulfone groups is 1. The number of anilines is 1. The second-order valence-electron chi connectivity index (χ2n) is 3.68. The van der Waals surface area contributed by atoms with E-state index in [9.17, 15) is 22.0 Å². The number of nitrogens with one attached hydrogen (secondary N) is 1. The molecule has 0 saturated heterocycles. The van der Waals surface area contributed by atoms with Gasteiger partial charge in [0.2, 0.25) is 15.7 Å². The molecule has 1 N–H and O–H groups in total. The van der Waals surface area contributed by atoms with E-state index in [0.29, 0.717) is 0 Å². The molecule has 4 nitrogen and oxygen atoms in total. The van der Waals surface area contributed by atoms with Crippen LogP contribution in [0, 0.1) is 0 Å². The van der Waals surface area contributed by atoms with E-state index in [-0.39, 0.29) is 5.69 Å². The van der Waals surface area contributed by atoms with Crippen LogP contribution in [-0.4, -0.2) is 20.1 Å². The molecule has 1 aromatic rings. The first-order chi connectivity index (χ1) is 9.39. The van der Waals surface area contributed by atoms with Gasteiger partial charge in [-0.15, -0.1) is 0 Å². The van der Waals surface area contributed by atoms with Crippen LogP contribution in [0.3, 0.4) is 0 Å². The van der Waals surface area contributed by atoms with Gasteiger partial charge in [0.25, 0.3) is 0 Å². The van der Waals surface area contributed by atoms with Crippen LogP contribution in [-0.2, 0) is 14.6 Å². The third-order valence-corrected chi connectivity index (χ3v) is 3.68. The minimum atomic E-state index is -4.76. The first-order valence-electron chi connectivity index (χ1n) is 5.61. The first kappa shape index (κ1) is 16.0. The Morgan fingerprint density at radius 2 is 1.90 bits per heavy atom. The maximum atomic E-state index is 12.5. The largest absolute Gasteiger partial charge is 0.341 e. The number of carbonyl (C=O) groups is 1. The monoisotopic (exact) mass is 301 g/mol. The molecular weight excluding hydrogens is 288 g/mol. The predicted molar refractivity (Wildman–Crippen MR) is 72.2 cm³/mol. The average Bonchev–Trinajstić information content (AvgIpc) is 2.39. The highest BCUT2D eigenvalue weighted by Crippen LogP contribution is 2.25. The van der Waals surface area contributed by atoms with Gasteiger partial charge in [0.1, 0.15) is 0 Å². The molecule has 7 heteroatoms. The SMILES string of the molecule is C/C=C/C=C/C(=O)Nc1ccccc1S(=O)(=O)C(F)F. The molecule has 20 heavy (non-hydrogen) atoms. The number of amides is 1. The standard InChI is InChI=1S/C13H13F2NO3S/c1-2-3-4-9-12(17)16-10-7-5-6-8-11(10)20(18,19)13(14)15/h2-9,13H,1H3,(H,16,17)/b3-2+,9-4+. The average molecular weight is 301 g/mol. The molecule has 0 bridgehead atoms. The molecule has 0 aromatic heterocycles. The van der Waals surface area contributed by atoms with Crippen LogP contribution >= 0.6 is 0 Å². The lowest BCUT2D eigenvalue weighted by molar-refractivity contribution is -0.111. The molecule has 1 rings (SSSR count). The lowest BCUT2D eigenvalue weighted by Crippen LogP contribution is -2.16. The summed E-state index contributed by atoms with van der Waals surface area (Å²) in [6.07, 6.45) is 5.89. The van der Waals surface area contributed by atoms with Crippen molar-refractivity contribution in [3.63, 3.8) is 0 Å². The molecule has 0 spiro atoms. The number of allylic oxidation sites excluding steroid dienone is 3. The van der Waals surface area contributed by atoms with Crippen molar-refractivity contribution >= 4 is 21.4 Å². The van der Waals surface area contributed by atoms with Crippen molar-refractivity contribution in [2.45, 2.75) is 17.6 Å². The molecule has 0 aliphatic rings. The maximum absolute atomic E-state index is 12.5. The predicted octanol–water partition coefficient (Wildman–Crippen LogP) is 2.75. The number of hydrogen-bond acceptors (Lipinski definition) is 3. The fraction of sp³-hybridized carbons (Fsp3) is 0.154. The van der Waals surface area contributed by atoms with Crippen LogP contribution in [0.15, 0.2) is 53.5 Å². The van der Waals surface area contributed by atoms with Crippen molar-refractivity contribution in [1.82, 2.24) is 0 Å². The summed E-state index contributed by atoms with van der Waals surface area (Å²) >= 11 is 0. The molecule has 0 unspecified atom stereocenters. The summed E-state index contributed by atoms with van der Waals surface area (Å²) in [5.41, 5.74) is -0.178. The minimum absolute atomic E-state index is 0.178. The Balaban J connectivity index is 3.07. The van der Waals surface area contributed by atoms with Gasteiger partial charge in [-0.3, -0.25) is 4.79 Å². The Bertz CT molecular complexity index is 637. The summed E-state index contributed by atoms with van der Waals surface area (Å²) in [6, 6.07) is 5.01. The highest BCUT2D eigenvalue weighted by Gasteiger charge is 2.29. The quantitative estimate of drug-likeness (QED) is 0.672. The molecule has 108 valence electrons. The molecule has 0 atom stereocenters. The van der Waals surface area contributed by atoms with E-state index in [0.717, 1.165) is 12.1 Å². The van der Waals surface area contributed by atoms with E-state index >= 15 is 0 Å². The Morgan fingerprint density at radius 1 is 1.25 bits per heavy atom. The summed E-state index contributed by atoms with van der Waals surface area (Å²) in [6.45, 7) is 1.76. The number of hydrogen-bond donors (Lipinski definition) is 1. The fourth-order valence-corrected chi connectivity index (χ4v) is 2.23. The van der Waals surface area contributed by atoms with Crippen LogP contribution < -0.4 is 5.32 Å². The third-order valence-electron chi connectivity index (χ3n) is 2.24. The van der Waals surface area contributed by atoms with E-state index in [4.69, 9.17) is 0 Å². The number of carbonyl (C=O) groups excluding carboxylic acids is 1. The van der Waals surface area contributed by atoms with Gasteiger partial charge < -0.3 is 5.32 Å². The van der Waals surface area contributed by atoms with Gasteiger partial charge in [-0.2, -0.15) is 8.78 Å². The lowest BCUT2D eigenvalue weighted by Gasteiger charge is -2.09. The van der Waals surface area contributed by atoms with Crippen LogP contribution in [0.2, 0.25) is 0 Å². The van der Waals surface area contributed by atoms with Crippen molar-refractivity contribution < 1.29 is 22.0 Å². The number of alkyl halides is 2. The number of rotatable bonds is 5. The highest BCUT2D eigenvalue weighted by molar-refractivity contribution is 7.91. The molecule has 1 amide bonds. The van der Waals surface area contributed by atoms with Crippen molar-refractivity contribution in [3.05, 3.63) is 48.6 Å². The first-order valence-corrected chi connectivity index (χ1v) is 7.15. The van der Waals surface area contributed by atoms with Crippen LogP contribution in [0.5, 0.6) is 0 Å². The molecule has 0 fully saturated rings. The molecular formula is C13H13F2NO3S. The van der Waals surface area contributed by atoms with E-state index < -0.39 is 26.4 Å². The molecule has 0 radical (unpaired) electrons. The Kier molecular flexibility index (Phi) is 5.57. The summed E-state index contributed by atoms with van der Waals surface area (Å²) in [5.74, 6) is -4.15. The van der Waals surface area contributed by atoms with Crippen molar-refractivity contribution in [2.24, 2.45) is 0 Å². The van der Waals surface area contributed by atoms with Crippen molar-refractivity contribution in [3.8, 4) is 0 Å². The zero-order chi connectivity index (χ0) is 15.2. The summed E-state index contributed by atoms with van der Waals surface area (Å²) < 4.78 is 48.0. The summed E-state index contributed by atoms with van der Waals surface area (Å²) in [5, 5.41) is 2.26. The third kappa shape index (κ3) is 3.99. The molecule has 0 aliphatic carbocycles. The summed E-state index contributed by atoms with van der Waals surface area (Å²) in [7, 11) is -4.76.